The maximum absolute atomic E-state index is 9.42. The van der Waals surface area contributed by atoms with Gasteiger partial charge in [0.05, 0.1) is 12.1 Å². The Morgan fingerprint density at radius 1 is 1.47 bits per heavy atom. The molecule has 2 heterocycles. The first-order valence-electron chi connectivity index (χ1n) is 5.37. The van der Waals surface area contributed by atoms with E-state index in [1.54, 1.807) is 12.1 Å². The van der Waals surface area contributed by atoms with Crippen molar-refractivity contribution in [2.75, 3.05) is 5.32 Å². The summed E-state index contributed by atoms with van der Waals surface area (Å²) in [4.78, 5) is 4.43. The number of aromatic hydroxyl groups is 1. The minimum Gasteiger partial charge on any atom is -0.508 e. The van der Waals surface area contributed by atoms with Crippen LogP contribution in [0.25, 0.3) is 0 Å². The van der Waals surface area contributed by atoms with Gasteiger partial charge in [-0.2, -0.15) is 0 Å². The zero-order valence-electron chi connectivity index (χ0n) is 8.64. The Hall–Kier alpha value is -1.51. The Labute approximate surface area is 88.8 Å². The highest BCUT2D eigenvalue weighted by molar-refractivity contribution is 5.69. The molecule has 3 rings (SSSR count). The number of phenols is 1. The molecule has 0 spiro atoms. The van der Waals surface area contributed by atoms with Crippen LogP contribution in [0.3, 0.4) is 0 Å². The molecule has 3 heteroatoms. The molecule has 2 aliphatic rings. The fourth-order valence-corrected chi connectivity index (χ4v) is 2.63. The highest BCUT2D eigenvalue weighted by Gasteiger charge is 2.36. The van der Waals surface area contributed by atoms with Gasteiger partial charge in [0.25, 0.3) is 0 Å². The molecule has 0 radical (unpaired) electrons. The number of anilines is 1. The second-order valence-electron chi connectivity index (χ2n) is 4.36. The fraction of sp³-hybridized carbons (Fsp3) is 0.417. The molecule has 3 atom stereocenters. The monoisotopic (exact) mass is 202 g/mol. The highest BCUT2D eigenvalue weighted by Crippen LogP contribution is 2.42. The van der Waals surface area contributed by atoms with E-state index >= 15 is 0 Å². The van der Waals surface area contributed by atoms with Crippen molar-refractivity contribution in [1.82, 2.24) is 0 Å². The standard InChI is InChI=1S/C12H14N2O/c1-7-12-10(4-5-13-7)9-3-2-8(15)6-11(9)14-12/h2-3,5-7,10,12,14-15H,4H2,1H3. The molecule has 0 aliphatic carbocycles. The first kappa shape index (κ1) is 8.77. The summed E-state index contributed by atoms with van der Waals surface area (Å²) in [5.74, 6) is 0.849. The molecule has 2 N–H and O–H groups in total. The molecule has 3 unspecified atom stereocenters. The average molecular weight is 202 g/mol. The quantitative estimate of drug-likeness (QED) is 0.677. The number of fused-ring (bicyclic) bond motifs is 3. The molecule has 0 bridgehead atoms. The Kier molecular flexibility index (Phi) is 1.75. The molecule has 1 aromatic carbocycles. The lowest BCUT2D eigenvalue weighted by molar-refractivity contribution is 0.475. The number of nitrogens with one attached hydrogen (secondary N) is 1. The van der Waals surface area contributed by atoms with E-state index in [4.69, 9.17) is 0 Å². The predicted octanol–water partition coefficient (Wildman–Crippen LogP) is 2.13. The SMILES string of the molecule is CC1N=CCC2c3ccc(O)cc3NC12. The van der Waals surface area contributed by atoms with E-state index in [9.17, 15) is 5.11 Å². The van der Waals surface area contributed by atoms with Gasteiger partial charge in [0, 0.05) is 17.7 Å². The van der Waals surface area contributed by atoms with Crippen LogP contribution in [0.4, 0.5) is 5.69 Å². The lowest BCUT2D eigenvalue weighted by Gasteiger charge is -2.26. The summed E-state index contributed by atoms with van der Waals surface area (Å²) in [7, 11) is 0. The van der Waals surface area contributed by atoms with Gasteiger partial charge in [0.2, 0.25) is 0 Å². The molecular formula is C12H14N2O. The maximum Gasteiger partial charge on any atom is 0.117 e. The van der Waals surface area contributed by atoms with Crippen LogP contribution in [0.1, 0.15) is 24.8 Å². The molecular weight excluding hydrogens is 188 g/mol. The number of nitrogens with zero attached hydrogens (tertiary/aromatic N) is 1. The molecule has 78 valence electrons. The van der Waals surface area contributed by atoms with Crippen molar-refractivity contribution in [1.29, 1.82) is 0 Å². The van der Waals surface area contributed by atoms with E-state index in [2.05, 4.69) is 17.2 Å². The Bertz CT molecular complexity index is 428. The van der Waals surface area contributed by atoms with Gasteiger partial charge < -0.3 is 10.4 Å². The van der Waals surface area contributed by atoms with Gasteiger partial charge in [0.1, 0.15) is 5.75 Å². The van der Waals surface area contributed by atoms with Gasteiger partial charge in [-0.1, -0.05) is 6.07 Å². The molecule has 2 aliphatic heterocycles. The largest absolute Gasteiger partial charge is 0.508 e. The van der Waals surface area contributed by atoms with Gasteiger partial charge in [-0.25, -0.2) is 0 Å². The zero-order valence-corrected chi connectivity index (χ0v) is 8.64. The summed E-state index contributed by atoms with van der Waals surface area (Å²) >= 11 is 0. The van der Waals surface area contributed by atoms with E-state index in [1.807, 2.05) is 12.3 Å². The van der Waals surface area contributed by atoms with Crippen molar-refractivity contribution < 1.29 is 5.11 Å². The summed E-state index contributed by atoms with van der Waals surface area (Å²) in [5.41, 5.74) is 2.39. The number of phenolic OH excluding ortho intramolecular Hbond substituents is 1. The summed E-state index contributed by atoms with van der Waals surface area (Å²) in [6.45, 7) is 2.13. The van der Waals surface area contributed by atoms with Crippen LogP contribution in [-0.4, -0.2) is 23.4 Å². The molecule has 3 nitrogen and oxygen atoms in total. The molecule has 0 saturated heterocycles. The lowest BCUT2D eigenvalue weighted by atomic mass is 9.87. The summed E-state index contributed by atoms with van der Waals surface area (Å²) < 4.78 is 0. The smallest absolute Gasteiger partial charge is 0.117 e. The number of hydrogen-bond donors (Lipinski definition) is 2. The average Bonchev–Trinajstić information content (AvgIpc) is 2.57. The van der Waals surface area contributed by atoms with Crippen LogP contribution in [0.15, 0.2) is 23.2 Å². The third kappa shape index (κ3) is 1.23. The number of rotatable bonds is 0. The summed E-state index contributed by atoms with van der Waals surface area (Å²) in [6, 6.07) is 6.30. The van der Waals surface area contributed by atoms with Crippen molar-refractivity contribution in [3.63, 3.8) is 0 Å². The van der Waals surface area contributed by atoms with E-state index in [1.165, 1.54) is 5.56 Å². The molecule has 0 amide bonds. The normalized spacial score (nSPS) is 31.9. The van der Waals surface area contributed by atoms with Crippen LogP contribution in [-0.2, 0) is 0 Å². The molecule has 0 saturated carbocycles. The first-order valence-corrected chi connectivity index (χ1v) is 5.37. The van der Waals surface area contributed by atoms with E-state index in [0.29, 0.717) is 23.8 Å². The van der Waals surface area contributed by atoms with E-state index in [-0.39, 0.29) is 0 Å². The van der Waals surface area contributed by atoms with Gasteiger partial charge in [-0.3, -0.25) is 4.99 Å². The van der Waals surface area contributed by atoms with Crippen molar-refractivity contribution in [2.24, 2.45) is 4.99 Å². The molecule has 0 aromatic heterocycles. The molecule has 15 heavy (non-hydrogen) atoms. The van der Waals surface area contributed by atoms with Gasteiger partial charge in [-0.15, -0.1) is 0 Å². The third-order valence-corrected chi connectivity index (χ3v) is 3.41. The number of hydrogen-bond acceptors (Lipinski definition) is 3. The minimum atomic E-state index is 0.318. The summed E-state index contributed by atoms with van der Waals surface area (Å²) in [6.07, 6.45) is 3.02. The predicted molar refractivity (Wildman–Crippen MR) is 60.8 cm³/mol. The van der Waals surface area contributed by atoms with Crippen LogP contribution in [0.2, 0.25) is 0 Å². The third-order valence-electron chi connectivity index (χ3n) is 3.41. The maximum atomic E-state index is 9.42. The highest BCUT2D eigenvalue weighted by atomic mass is 16.3. The van der Waals surface area contributed by atoms with Crippen LogP contribution in [0, 0.1) is 0 Å². The van der Waals surface area contributed by atoms with Crippen molar-refractivity contribution in [3.05, 3.63) is 23.8 Å². The van der Waals surface area contributed by atoms with Crippen LogP contribution >= 0.6 is 0 Å². The van der Waals surface area contributed by atoms with Crippen LogP contribution in [0.5, 0.6) is 5.75 Å². The second kappa shape index (κ2) is 2.99. The first-order chi connectivity index (χ1) is 7.25. The van der Waals surface area contributed by atoms with Crippen molar-refractivity contribution >= 4 is 11.9 Å². The number of benzene rings is 1. The Balaban J connectivity index is 2.04. The van der Waals surface area contributed by atoms with Crippen molar-refractivity contribution in [3.8, 4) is 5.75 Å². The van der Waals surface area contributed by atoms with Gasteiger partial charge in [-0.05, 0) is 31.2 Å². The number of aliphatic imine (C=N–C) groups is 1. The summed E-state index contributed by atoms with van der Waals surface area (Å²) in [5, 5.41) is 12.9. The van der Waals surface area contributed by atoms with Gasteiger partial charge in [0.15, 0.2) is 0 Å². The van der Waals surface area contributed by atoms with E-state index in [0.717, 1.165) is 12.1 Å². The fourth-order valence-electron chi connectivity index (χ4n) is 2.63. The van der Waals surface area contributed by atoms with E-state index < -0.39 is 0 Å². The topological polar surface area (TPSA) is 44.6 Å². The van der Waals surface area contributed by atoms with Crippen molar-refractivity contribution in [2.45, 2.75) is 31.3 Å². The zero-order chi connectivity index (χ0) is 10.4. The van der Waals surface area contributed by atoms with Gasteiger partial charge >= 0.3 is 0 Å². The second-order valence-corrected chi connectivity index (χ2v) is 4.36. The minimum absolute atomic E-state index is 0.318. The van der Waals surface area contributed by atoms with Crippen LogP contribution < -0.4 is 5.32 Å². The molecule has 1 aromatic rings. The Morgan fingerprint density at radius 2 is 2.33 bits per heavy atom. The molecule has 0 fully saturated rings. The lowest BCUT2D eigenvalue weighted by Crippen LogP contribution is -2.34. The Morgan fingerprint density at radius 3 is 3.20 bits per heavy atom.